The van der Waals surface area contributed by atoms with Gasteiger partial charge in [0, 0.05) is 30.7 Å². The second-order valence-electron chi connectivity index (χ2n) is 7.44. The Kier molecular flexibility index (Phi) is 5.65. The molecule has 1 fully saturated rings. The molecule has 150 valence electrons. The number of aromatic nitrogens is 2. The van der Waals surface area contributed by atoms with Crippen LogP contribution in [0.25, 0.3) is 0 Å². The Bertz CT molecular complexity index is 987. The largest absolute Gasteiger partial charge is 0.395 e. The third-order valence-electron chi connectivity index (χ3n) is 5.65. The summed E-state index contributed by atoms with van der Waals surface area (Å²) in [6.45, 7) is 5.68. The molecule has 6 heteroatoms. The quantitative estimate of drug-likeness (QED) is 0.614. The second-order valence-corrected chi connectivity index (χ2v) is 7.83. The van der Waals surface area contributed by atoms with Gasteiger partial charge in [-0.2, -0.15) is 0 Å². The van der Waals surface area contributed by atoms with Crippen LogP contribution < -0.4 is 5.32 Å². The zero-order valence-corrected chi connectivity index (χ0v) is 17.6. The van der Waals surface area contributed by atoms with Gasteiger partial charge >= 0.3 is 0 Å². The minimum Gasteiger partial charge on any atom is -0.395 e. The lowest BCUT2D eigenvalue weighted by atomic mass is 9.97. The van der Waals surface area contributed by atoms with Crippen molar-refractivity contribution in [2.45, 2.75) is 32.5 Å². The first-order valence-electron chi connectivity index (χ1n) is 9.89. The molecular formula is C23H26N4OS. The number of aliphatic hydroxyl groups excluding tert-OH is 1. The van der Waals surface area contributed by atoms with Crippen LogP contribution >= 0.6 is 12.2 Å². The van der Waals surface area contributed by atoms with Crippen LogP contribution in [-0.2, 0) is 6.54 Å². The van der Waals surface area contributed by atoms with Crippen LogP contribution in [0, 0.1) is 13.8 Å². The van der Waals surface area contributed by atoms with E-state index < -0.39 is 0 Å². The number of β-amino-alcohol motifs (C(OH)–C–C–N with tert-alkyl or cyclic N) is 1. The van der Waals surface area contributed by atoms with E-state index >= 15 is 0 Å². The van der Waals surface area contributed by atoms with Crippen molar-refractivity contribution in [1.82, 2.24) is 19.8 Å². The Labute approximate surface area is 177 Å². The van der Waals surface area contributed by atoms with Crippen molar-refractivity contribution < 1.29 is 5.11 Å². The second kappa shape index (κ2) is 8.35. The maximum absolute atomic E-state index is 9.64. The van der Waals surface area contributed by atoms with E-state index in [1.807, 2.05) is 30.5 Å². The van der Waals surface area contributed by atoms with Gasteiger partial charge in [0.2, 0.25) is 0 Å². The number of benzene rings is 1. The molecule has 0 aliphatic carbocycles. The van der Waals surface area contributed by atoms with Gasteiger partial charge in [0.1, 0.15) is 0 Å². The van der Waals surface area contributed by atoms with Crippen molar-refractivity contribution in [3.8, 4) is 0 Å². The fraction of sp³-hybridized carbons (Fsp3) is 0.304. The highest BCUT2D eigenvalue weighted by Gasteiger charge is 2.40. The molecule has 1 aliphatic heterocycles. The Morgan fingerprint density at radius 1 is 1.10 bits per heavy atom. The normalized spacial score (nSPS) is 18.9. The molecule has 2 atom stereocenters. The van der Waals surface area contributed by atoms with Crippen molar-refractivity contribution in [3.63, 3.8) is 0 Å². The molecule has 2 N–H and O–H groups in total. The highest BCUT2D eigenvalue weighted by atomic mass is 32.1. The standard InChI is InChI=1S/C23H26N4OS/c1-16-14-19(17(2)27(16)15-18-8-4-3-5-9-18)22-21(20-10-6-7-11-24-20)25-23(29)26(22)12-13-28/h3-11,14,21-22,28H,12-13,15H2,1-2H3,(H,25,29)/t21-,22+/m0/s1. The smallest absolute Gasteiger partial charge is 0.170 e. The molecule has 0 radical (unpaired) electrons. The number of hydrogen-bond donors (Lipinski definition) is 2. The molecule has 0 amide bonds. The van der Waals surface area contributed by atoms with Crippen molar-refractivity contribution in [3.05, 3.63) is 89.0 Å². The first-order valence-corrected chi connectivity index (χ1v) is 10.3. The van der Waals surface area contributed by atoms with Gasteiger partial charge < -0.3 is 19.9 Å². The lowest BCUT2D eigenvalue weighted by Crippen LogP contribution is -2.32. The van der Waals surface area contributed by atoms with Gasteiger partial charge in [0.25, 0.3) is 0 Å². The van der Waals surface area contributed by atoms with E-state index in [-0.39, 0.29) is 18.7 Å². The van der Waals surface area contributed by atoms with Gasteiger partial charge in [-0.1, -0.05) is 36.4 Å². The van der Waals surface area contributed by atoms with Gasteiger partial charge in [0.05, 0.1) is 24.4 Å². The summed E-state index contributed by atoms with van der Waals surface area (Å²) in [7, 11) is 0. The summed E-state index contributed by atoms with van der Waals surface area (Å²) < 4.78 is 2.35. The van der Waals surface area contributed by atoms with E-state index in [0.717, 1.165) is 12.2 Å². The Morgan fingerprint density at radius 2 is 1.86 bits per heavy atom. The van der Waals surface area contributed by atoms with Gasteiger partial charge in [-0.15, -0.1) is 0 Å². The van der Waals surface area contributed by atoms with Gasteiger partial charge in [-0.05, 0) is 55.4 Å². The molecule has 0 saturated carbocycles. The van der Waals surface area contributed by atoms with E-state index in [2.05, 4.69) is 63.9 Å². The average Bonchev–Trinajstić information content (AvgIpc) is 3.21. The molecule has 0 spiro atoms. The van der Waals surface area contributed by atoms with E-state index in [9.17, 15) is 5.11 Å². The highest BCUT2D eigenvalue weighted by Crippen LogP contribution is 2.40. The molecule has 29 heavy (non-hydrogen) atoms. The maximum atomic E-state index is 9.64. The molecule has 0 unspecified atom stereocenters. The topological polar surface area (TPSA) is 53.3 Å². The Hall–Kier alpha value is -2.70. The van der Waals surface area contributed by atoms with Crippen LogP contribution in [-0.4, -0.2) is 37.8 Å². The van der Waals surface area contributed by atoms with Crippen molar-refractivity contribution in [2.24, 2.45) is 0 Å². The molecule has 1 aromatic carbocycles. The van der Waals surface area contributed by atoms with Crippen LogP contribution in [0.3, 0.4) is 0 Å². The summed E-state index contributed by atoms with van der Waals surface area (Å²) in [5.74, 6) is 0. The number of nitrogens with one attached hydrogen (secondary N) is 1. The molecule has 1 aliphatic rings. The maximum Gasteiger partial charge on any atom is 0.170 e. The number of rotatable bonds is 6. The summed E-state index contributed by atoms with van der Waals surface area (Å²) in [6, 6.07) is 18.6. The minimum atomic E-state index is -0.0547. The monoisotopic (exact) mass is 406 g/mol. The number of aliphatic hydroxyl groups is 1. The van der Waals surface area contributed by atoms with Crippen molar-refractivity contribution in [1.29, 1.82) is 0 Å². The number of hydrogen-bond acceptors (Lipinski definition) is 3. The highest BCUT2D eigenvalue weighted by molar-refractivity contribution is 7.80. The molecule has 3 aromatic rings. The van der Waals surface area contributed by atoms with Crippen LogP contribution in [0.5, 0.6) is 0 Å². The SMILES string of the molecule is Cc1cc([C@@H]2[C@H](c3ccccn3)NC(=S)N2CCO)c(C)n1Cc1ccccc1. The molecular weight excluding hydrogens is 380 g/mol. The zero-order chi connectivity index (χ0) is 20.4. The van der Waals surface area contributed by atoms with Crippen LogP contribution in [0.15, 0.2) is 60.8 Å². The van der Waals surface area contributed by atoms with Gasteiger partial charge in [0.15, 0.2) is 5.11 Å². The third-order valence-corrected chi connectivity index (χ3v) is 6.01. The van der Waals surface area contributed by atoms with Gasteiger partial charge in [-0.25, -0.2) is 0 Å². The molecule has 1 saturated heterocycles. The fourth-order valence-electron chi connectivity index (χ4n) is 4.23. The molecule has 4 rings (SSSR count). The average molecular weight is 407 g/mol. The molecule has 5 nitrogen and oxygen atoms in total. The first kappa shape index (κ1) is 19.6. The molecule has 2 aromatic heterocycles. The van der Waals surface area contributed by atoms with Crippen molar-refractivity contribution in [2.75, 3.05) is 13.2 Å². The predicted octanol–water partition coefficient (Wildman–Crippen LogP) is 3.51. The Morgan fingerprint density at radius 3 is 2.55 bits per heavy atom. The summed E-state index contributed by atoms with van der Waals surface area (Å²) >= 11 is 5.62. The summed E-state index contributed by atoms with van der Waals surface area (Å²) in [5.41, 5.74) is 5.87. The summed E-state index contributed by atoms with van der Waals surface area (Å²) in [6.07, 6.45) is 1.81. The summed E-state index contributed by atoms with van der Waals surface area (Å²) in [5, 5.41) is 13.7. The number of aryl methyl sites for hydroxylation is 1. The van der Waals surface area contributed by atoms with Gasteiger partial charge in [-0.3, -0.25) is 4.98 Å². The van der Waals surface area contributed by atoms with Crippen LogP contribution in [0.2, 0.25) is 0 Å². The van der Waals surface area contributed by atoms with Crippen LogP contribution in [0.1, 0.15) is 40.3 Å². The summed E-state index contributed by atoms with van der Waals surface area (Å²) in [4.78, 5) is 6.66. The third kappa shape index (κ3) is 3.78. The fourth-order valence-corrected chi connectivity index (χ4v) is 4.56. The number of pyridine rings is 1. The van der Waals surface area contributed by atoms with Crippen LogP contribution in [0.4, 0.5) is 0 Å². The van der Waals surface area contributed by atoms with E-state index in [1.54, 1.807) is 0 Å². The number of nitrogens with zero attached hydrogens (tertiary/aromatic N) is 3. The number of thiocarbonyl (C=S) groups is 1. The predicted molar refractivity (Wildman–Crippen MR) is 119 cm³/mol. The van der Waals surface area contributed by atoms with E-state index in [4.69, 9.17) is 12.2 Å². The lowest BCUT2D eigenvalue weighted by Gasteiger charge is -2.27. The zero-order valence-electron chi connectivity index (χ0n) is 16.7. The molecule has 0 bridgehead atoms. The minimum absolute atomic E-state index is 0.0136. The Balaban J connectivity index is 1.75. The van der Waals surface area contributed by atoms with E-state index in [0.29, 0.717) is 11.7 Å². The first-order chi connectivity index (χ1) is 14.1. The van der Waals surface area contributed by atoms with E-state index in [1.165, 1.54) is 22.5 Å². The lowest BCUT2D eigenvalue weighted by molar-refractivity contribution is 0.222. The molecule has 3 heterocycles. The van der Waals surface area contributed by atoms with Crippen molar-refractivity contribution >= 4 is 17.3 Å².